The number of amides is 1. The fourth-order valence-electron chi connectivity index (χ4n) is 3.30. The number of carbonyl (C=O) groups is 1. The molecule has 35 heavy (non-hydrogen) atoms. The Morgan fingerprint density at radius 1 is 1.11 bits per heavy atom. The second-order valence-electron chi connectivity index (χ2n) is 7.48. The molecule has 1 amide bonds. The second-order valence-corrected chi connectivity index (χ2v) is 7.48. The molecule has 0 spiro atoms. The lowest BCUT2D eigenvalue weighted by Crippen LogP contribution is -2.33. The van der Waals surface area contributed by atoms with E-state index in [0.717, 1.165) is 27.8 Å². The first-order valence-electron chi connectivity index (χ1n) is 10.1. The van der Waals surface area contributed by atoms with Gasteiger partial charge in [0.25, 0.3) is 5.91 Å². The molecule has 2 aromatic carbocycles. The van der Waals surface area contributed by atoms with Crippen molar-refractivity contribution in [3.05, 3.63) is 81.3 Å². The molecule has 0 N–H and O–H groups in total. The van der Waals surface area contributed by atoms with Gasteiger partial charge in [0, 0.05) is 25.4 Å². The van der Waals surface area contributed by atoms with E-state index in [1.165, 1.54) is 51.4 Å². The van der Waals surface area contributed by atoms with Gasteiger partial charge in [0.2, 0.25) is 5.43 Å². The van der Waals surface area contributed by atoms with Crippen LogP contribution in [0.1, 0.15) is 27.3 Å². The molecule has 0 saturated heterocycles. The Kier molecular flexibility index (Phi) is 7.42. The fraction of sp³-hybridized carbons (Fsp3) is 0.261. The van der Waals surface area contributed by atoms with E-state index in [-0.39, 0.29) is 29.4 Å². The molecule has 0 atom stereocenters. The van der Waals surface area contributed by atoms with Crippen LogP contribution in [0, 0.1) is 6.92 Å². The van der Waals surface area contributed by atoms with Gasteiger partial charge in [0.15, 0.2) is 17.2 Å². The number of rotatable bonds is 7. The maximum absolute atomic E-state index is 13.1. The number of hydrogen-bond acceptors (Lipinski definition) is 5. The Bertz CT molecular complexity index is 1290. The van der Waals surface area contributed by atoms with Gasteiger partial charge in [-0.1, -0.05) is 12.1 Å². The molecule has 0 aliphatic carbocycles. The predicted octanol–water partition coefficient (Wildman–Crippen LogP) is 4.44. The maximum atomic E-state index is 13.1. The molecule has 0 aliphatic heterocycles. The zero-order valence-corrected chi connectivity index (χ0v) is 18.8. The van der Waals surface area contributed by atoms with Crippen LogP contribution >= 0.6 is 0 Å². The number of nitrogens with zero attached hydrogens (tertiary/aromatic N) is 3. The SMILES string of the molecule is COc1cc(CN(C)C(=O)c2nn(-c3cccc(C(F)(F)F)c3)c(C)cc2=O)ccc1OC(F)F. The van der Waals surface area contributed by atoms with E-state index in [4.69, 9.17) is 4.74 Å². The lowest BCUT2D eigenvalue weighted by Gasteiger charge is -2.19. The molecule has 186 valence electrons. The van der Waals surface area contributed by atoms with Gasteiger partial charge < -0.3 is 14.4 Å². The van der Waals surface area contributed by atoms with Crippen LogP contribution in [-0.4, -0.2) is 41.4 Å². The molecule has 0 unspecified atom stereocenters. The quantitative estimate of drug-likeness (QED) is 0.452. The van der Waals surface area contributed by atoms with E-state index in [9.17, 15) is 31.5 Å². The first kappa shape index (κ1) is 25.7. The van der Waals surface area contributed by atoms with Crippen molar-refractivity contribution >= 4 is 5.91 Å². The van der Waals surface area contributed by atoms with Gasteiger partial charge in [-0.15, -0.1) is 0 Å². The van der Waals surface area contributed by atoms with E-state index >= 15 is 0 Å². The van der Waals surface area contributed by atoms with Crippen LogP contribution < -0.4 is 14.9 Å². The molecule has 7 nitrogen and oxygen atoms in total. The highest BCUT2D eigenvalue weighted by molar-refractivity contribution is 5.91. The van der Waals surface area contributed by atoms with E-state index in [1.54, 1.807) is 0 Å². The van der Waals surface area contributed by atoms with Gasteiger partial charge in [0.1, 0.15) is 0 Å². The van der Waals surface area contributed by atoms with E-state index in [0.29, 0.717) is 5.56 Å². The highest BCUT2D eigenvalue weighted by Crippen LogP contribution is 2.31. The van der Waals surface area contributed by atoms with Crippen molar-refractivity contribution in [3.63, 3.8) is 0 Å². The third-order valence-electron chi connectivity index (χ3n) is 4.94. The molecule has 3 rings (SSSR count). The zero-order chi connectivity index (χ0) is 25.9. The molecule has 0 saturated carbocycles. The van der Waals surface area contributed by atoms with Gasteiger partial charge in [-0.25, -0.2) is 4.68 Å². The Balaban J connectivity index is 1.90. The molecular formula is C23H20F5N3O4. The monoisotopic (exact) mass is 497 g/mol. The number of carbonyl (C=O) groups excluding carboxylic acids is 1. The Hall–Kier alpha value is -3.96. The molecule has 0 aliphatic rings. The summed E-state index contributed by atoms with van der Waals surface area (Å²) in [6.07, 6.45) is -4.58. The normalized spacial score (nSPS) is 11.5. The minimum atomic E-state index is -4.58. The number of halogens is 5. The molecule has 0 radical (unpaired) electrons. The highest BCUT2D eigenvalue weighted by Gasteiger charge is 2.31. The summed E-state index contributed by atoms with van der Waals surface area (Å²) >= 11 is 0. The first-order valence-corrected chi connectivity index (χ1v) is 10.1. The van der Waals surface area contributed by atoms with Crippen molar-refractivity contribution in [2.45, 2.75) is 26.3 Å². The summed E-state index contributed by atoms with van der Waals surface area (Å²) in [6.45, 7) is -1.63. The number of alkyl halides is 5. The topological polar surface area (TPSA) is 73.7 Å². The van der Waals surface area contributed by atoms with Crippen molar-refractivity contribution in [2.75, 3.05) is 14.2 Å². The minimum absolute atomic E-state index is 0.0176. The van der Waals surface area contributed by atoms with Crippen LogP contribution in [0.15, 0.2) is 53.3 Å². The lowest BCUT2D eigenvalue weighted by molar-refractivity contribution is -0.137. The average Bonchev–Trinajstić information content (AvgIpc) is 2.79. The molecule has 1 heterocycles. The Morgan fingerprint density at radius 3 is 2.46 bits per heavy atom. The summed E-state index contributed by atoms with van der Waals surface area (Å²) < 4.78 is 74.9. The number of benzene rings is 2. The third-order valence-corrected chi connectivity index (χ3v) is 4.94. The molecule has 0 fully saturated rings. The molecule has 1 aromatic heterocycles. The van der Waals surface area contributed by atoms with Gasteiger partial charge in [-0.05, 0) is 42.8 Å². The summed E-state index contributed by atoms with van der Waals surface area (Å²) in [4.78, 5) is 26.6. The molecular weight excluding hydrogens is 477 g/mol. The predicted molar refractivity (Wildman–Crippen MR) is 115 cm³/mol. The summed E-state index contributed by atoms with van der Waals surface area (Å²) in [5.74, 6) is -0.962. The summed E-state index contributed by atoms with van der Waals surface area (Å²) in [5, 5.41) is 4.03. The molecule has 12 heteroatoms. The van der Waals surface area contributed by atoms with Crippen LogP contribution in [0.5, 0.6) is 11.5 Å². The largest absolute Gasteiger partial charge is 0.493 e. The van der Waals surface area contributed by atoms with Crippen LogP contribution in [0.3, 0.4) is 0 Å². The van der Waals surface area contributed by atoms with Crippen molar-refractivity contribution in [1.82, 2.24) is 14.7 Å². The smallest absolute Gasteiger partial charge is 0.416 e. The maximum Gasteiger partial charge on any atom is 0.416 e. The number of ether oxygens (including phenoxy) is 2. The van der Waals surface area contributed by atoms with Crippen molar-refractivity contribution < 1.29 is 36.2 Å². The van der Waals surface area contributed by atoms with Gasteiger partial charge in [0.05, 0.1) is 18.4 Å². The number of aryl methyl sites for hydroxylation is 1. The number of hydrogen-bond donors (Lipinski definition) is 0. The summed E-state index contributed by atoms with van der Waals surface area (Å²) in [5.41, 5.74) is -1.39. The standard InChI is InChI=1S/C23H20F5N3O4/c1-13-9-17(32)20(29-31(13)16-6-4-5-15(11-16)23(26,27)28)21(33)30(2)12-14-7-8-18(35-22(24)25)19(10-14)34-3/h4-11,22H,12H2,1-3H3. The van der Waals surface area contributed by atoms with Gasteiger partial charge in [-0.2, -0.15) is 27.1 Å². The third kappa shape index (κ3) is 5.94. The number of methoxy groups -OCH3 is 1. The van der Waals surface area contributed by atoms with E-state index in [2.05, 4.69) is 9.84 Å². The van der Waals surface area contributed by atoms with E-state index in [1.807, 2.05) is 0 Å². The van der Waals surface area contributed by atoms with Crippen molar-refractivity contribution in [3.8, 4) is 17.2 Å². The van der Waals surface area contributed by atoms with Crippen molar-refractivity contribution in [1.29, 1.82) is 0 Å². The van der Waals surface area contributed by atoms with Crippen LogP contribution in [-0.2, 0) is 12.7 Å². The summed E-state index contributed by atoms with van der Waals surface area (Å²) in [6, 6.07) is 9.51. The average molecular weight is 497 g/mol. The van der Waals surface area contributed by atoms with Gasteiger partial charge >= 0.3 is 12.8 Å². The van der Waals surface area contributed by atoms with Crippen molar-refractivity contribution in [2.24, 2.45) is 0 Å². The first-order chi connectivity index (χ1) is 16.4. The van der Waals surface area contributed by atoms with Crippen LogP contribution in [0.25, 0.3) is 5.69 Å². The molecule has 0 bridgehead atoms. The second kappa shape index (κ2) is 10.1. The van der Waals surface area contributed by atoms with E-state index < -0.39 is 35.4 Å². The lowest BCUT2D eigenvalue weighted by atomic mass is 10.1. The van der Waals surface area contributed by atoms with Crippen LogP contribution in [0.4, 0.5) is 22.0 Å². The minimum Gasteiger partial charge on any atom is -0.493 e. The highest BCUT2D eigenvalue weighted by atomic mass is 19.4. The van der Waals surface area contributed by atoms with Gasteiger partial charge in [-0.3, -0.25) is 9.59 Å². The number of aromatic nitrogens is 2. The fourth-order valence-corrected chi connectivity index (χ4v) is 3.30. The zero-order valence-electron chi connectivity index (χ0n) is 18.8. The summed E-state index contributed by atoms with van der Waals surface area (Å²) in [7, 11) is 2.65. The van der Waals surface area contributed by atoms with Crippen LogP contribution in [0.2, 0.25) is 0 Å². The molecule has 3 aromatic rings. The Labute approximate surface area is 196 Å². The Morgan fingerprint density at radius 2 is 1.83 bits per heavy atom.